The summed E-state index contributed by atoms with van der Waals surface area (Å²) in [5.74, 6) is -0.432. The highest BCUT2D eigenvalue weighted by molar-refractivity contribution is 9.10. The molecule has 1 aromatic carbocycles. The molecular weight excluding hydrogens is 305 g/mol. The summed E-state index contributed by atoms with van der Waals surface area (Å²) in [6.45, 7) is 2.33. The summed E-state index contributed by atoms with van der Waals surface area (Å²) in [5.41, 5.74) is 1.87. The third-order valence-electron chi connectivity index (χ3n) is 2.90. The minimum absolute atomic E-state index is 0.0503. The molecule has 0 saturated carbocycles. The van der Waals surface area contributed by atoms with E-state index in [0.717, 1.165) is 15.7 Å². The van der Waals surface area contributed by atoms with Crippen LogP contribution in [0, 0.1) is 12.8 Å². The number of carbonyl (C=O) groups is 2. The van der Waals surface area contributed by atoms with Crippen molar-refractivity contribution in [3.63, 3.8) is 0 Å². The summed E-state index contributed by atoms with van der Waals surface area (Å²) < 4.78 is 0.998. The van der Waals surface area contributed by atoms with E-state index in [-0.39, 0.29) is 18.2 Å². The Labute approximate surface area is 113 Å². The van der Waals surface area contributed by atoms with Crippen LogP contribution in [-0.2, 0) is 9.59 Å². The van der Waals surface area contributed by atoms with E-state index in [1.165, 1.54) is 0 Å². The predicted octanol–water partition coefficient (Wildman–Crippen LogP) is 2.88. The lowest BCUT2D eigenvalue weighted by atomic mass is 10.1. The van der Waals surface area contributed by atoms with Crippen LogP contribution in [0.2, 0.25) is 0 Å². The van der Waals surface area contributed by atoms with Gasteiger partial charge in [-0.1, -0.05) is 15.9 Å². The molecule has 1 atom stereocenters. The van der Waals surface area contributed by atoms with Crippen LogP contribution in [0.5, 0.6) is 0 Å². The van der Waals surface area contributed by atoms with Gasteiger partial charge in [0.1, 0.15) is 0 Å². The van der Waals surface area contributed by atoms with Crippen LogP contribution in [-0.4, -0.2) is 17.7 Å². The van der Waals surface area contributed by atoms with Crippen LogP contribution in [0.4, 0.5) is 5.69 Å². The summed E-state index contributed by atoms with van der Waals surface area (Å²) in [5, 5.41) is -0.435. The summed E-state index contributed by atoms with van der Waals surface area (Å²) in [6.07, 6.45) is 0.206. The molecule has 5 heteroatoms. The zero-order valence-corrected chi connectivity index (χ0v) is 11.6. The number of hydrogen-bond donors (Lipinski definition) is 0. The number of hydrogen-bond acceptors (Lipinski definition) is 2. The first kappa shape index (κ1) is 12.6. The van der Waals surface area contributed by atoms with Crippen molar-refractivity contribution in [1.82, 2.24) is 0 Å². The number of anilines is 1. The Bertz CT molecular complexity index is 489. The molecule has 1 amide bonds. The number of halogens is 2. The molecule has 3 nitrogen and oxygen atoms in total. The van der Waals surface area contributed by atoms with Gasteiger partial charge in [0.2, 0.25) is 11.1 Å². The fourth-order valence-corrected chi connectivity index (χ4v) is 2.30. The predicted molar refractivity (Wildman–Crippen MR) is 70.2 cm³/mol. The van der Waals surface area contributed by atoms with Crippen molar-refractivity contribution in [2.45, 2.75) is 13.3 Å². The van der Waals surface area contributed by atoms with Crippen LogP contribution in [0.1, 0.15) is 12.0 Å². The van der Waals surface area contributed by atoms with Crippen LogP contribution in [0.15, 0.2) is 22.7 Å². The van der Waals surface area contributed by atoms with E-state index in [1.807, 2.05) is 25.1 Å². The SMILES string of the molecule is Cc1cc(N2C[C@@H](C(=O)Cl)CC2=O)ccc1Br. The number of rotatable bonds is 2. The summed E-state index contributed by atoms with van der Waals surface area (Å²) in [7, 11) is 0. The molecule has 17 heavy (non-hydrogen) atoms. The minimum atomic E-state index is -0.435. The standard InChI is InChI=1S/C12H11BrClNO2/c1-7-4-9(2-3-10(7)13)15-6-8(12(14)17)5-11(15)16/h2-4,8H,5-6H2,1H3/t8-/m0/s1. The normalized spacial score (nSPS) is 19.8. The highest BCUT2D eigenvalue weighted by Crippen LogP contribution is 2.29. The molecule has 0 radical (unpaired) electrons. The zero-order valence-electron chi connectivity index (χ0n) is 9.24. The first-order valence-corrected chi connectivity index (χ1v) is 6.42. The molecule has 1 aliphatic rings. The van der Waals surface area contributed by atoms with E-state index < -0.39 is 5.24 Å². The molecule has 0 aliphatic carbocycles. The molecule has 0 aromatic heterocycles. The lowest BCUT2D eigenvalue weighted by molar-refractivity contribution is -0.120. The van der Waals surface area contributed by atoms with Crippen molar-refractivity contribution in [2.75, 3.05) is 11.4 Å². The van der Waals surface area contributed by atoms with Crippen molar-refractivity contribution in [3.8, 4) is 0 Å². The van der Waals surface area contributed by atoms with Gasteiger partial charge in [-0.25, -0.2) is 0 Å². The minimum Gasteiger partial charge on any atom is -0.312 e. The van der Waals surface area contributed by atoms with E-state index in [1.54, 1.807) is 4.90 Å². The third kappa shape index (κ3) is 2.53. The fourth-order valence-electron chi connectivity index (χ4n) is 1.91. The Kier molecular flexibility index (Phi) is 3.54. The highest BCUT2D eigenvalue weighted by atomic mass is 79.9. The lowest BCUT2D eigenvalue weighted by Crippen LogP contribution is -2.25. The van der Waals surface area contributed by atoms with Gasteiger partial charge in [-0.2, -0.15) is 0 Å². The third-order valence-corrected chi connectivity index (χ3v) is 4.10. The summed E-state index contributed by atoms with van der Waals surface area (Å²) >= 11 is 8.84. The maximum Gasteiger partial charge on any atom is 0.227 e. The molecule has 1 saturated heterocycles. The van der Waals surface area contributed by atoms with Gasteiger partial charge in [0.05, 0.1) is 5.92 Å². The Morgan fingerprint density at radius 1 is 1.53 bits per heavy atom. The van der Waals surface area contributed by atoms with E-state index >= 15 is 0 Å². The van der Waals surface area contributed by atoms with Gasteiger partial charge in [0.25, 0.3) is 0 Å². The molecule has 0 spiro atoms. The Morgan fingerprint density at radius 3 is 2.76 bits per heavy atom. The number of carbonyl (C=O) groups excluding carboxylic acids is 2. The molecule has 1 fully saturated rings. The summed E-state index contributed by atoms with van der Waals surface area (Å²) in [4.78, 5) is 24.5. The molecule has 90 valence electrons. The second-order valence-electron chi connectivity index (χ2n) is 4.14. The molecule has 2 rings (SSSR count). The molecular formula is C12H11BrClNO2. The average molecular weight is 317 g/mol. The quantitative estimate of drug-likeness (QED) is 0.787. The number of nitrogens with zero attached hydrogens (tertiary/aromatic N) is 1. The van der Waals surface area contributed by atoms with Crippen molar-refractivity contribution >= 4 is 44.4 Å². The monoisotopic (exact) mass is 315 g/mol. The lowest BCUT2D eigenvalue weighted by Gasteiger charge is -2.17. The first-order valence-electron chi connectivity index (χ1n) is 5.25. The van der Waals surface area contributed by atoms with Crippen LogP contribution in [0.25, 0.3) is 0 Å². The second-order valence-corrected chi connectivity index (χ2v) is 5.37. The molecule has 0 bridgehead atoms. The maximum atomic E-state index is 11.8. The number of amides is 1. The van der Waals surface area contributed by atoms with Gasteiger partial charge in [-0.3, -0.25) is 9.59 Å². The van der Waals surface area contributed by atoms with Crippen molar-refractivity contribution in [1.29, 1.82) is 0 Å². The van der Waals surface area contributed by atoms with Crippen molar-refractivity contribution in [2.24, 2.45) is 5.92 Å². The molecule has 1 heterocycles. The van der Waals surface area contributed by atoms with Gasteiger partial charge in [-0.15, -0.1) is 0 Å². The molecule has 0 N–H and O–H groups in total. The molecule has 1 aliphatic heterocycles. The zero-order chi connectivity index (χ0) is 12.6. The van der Waals surface area contributed by atoms with Crippen molar-refractivity contribution in [3.05, 3.63) is 28.2 Å². The van der Waals surface area contributed by atoms with Gasteiger partial charge < -0.3 is 4.90 Å². The Hall–Kier alpha value is -0.870. The largest absolute Gasteiger partial charge is 0.312 e. The highest BCUT2D eigenvalue weighted by Gasteiger charge is 2.34. The summed E-state index contributed by atoms with van der Waals surface area (Å²) in [6, 6.07) is 5.67. The van der Waals surface area contributed by atoms with E-state index in [4.69, 9.17) is 11.6 Å². The molecule has 0 unspecified atom stereocenters. The van der Waals surface area contributed by atoms with Gasteiger partial charge in [0, 0.05) is 23.1 Å². The topological polar surface area (TPSA) is 37.4 Å². The first-order chi connectivity index (χ1) is 7.99. The van der Waals surface area contributed by atoms with Gasteiger partial charge in [-0.05, 0) is 42.3 Å². The van der Waals surface area contributed by atoms with E-state index in [9.17, 15) is 9.59 Å². The van der Waals surface area contributed by atoms with E-state index in [2.05, 4.69) is 15.9 Å². The second kappa shape index (κ2) is 4.78. The average Bonchev–Trinajstić information content (AvgIpc) is 2.65. The van der Waals surface area contributed by atoms with E-state index in [0.29, 0.717) is 6.54 Å². The molecule has 1 aromatic rings. The smallest absolute Gasteiger partial charge is 0.227 e. The number of benzene rings is 1. The van der Waals surface area contributed by atoms with Crippen LogP contribution >= 0.6 is 27.5 Å². The fraction of sp³-hybridized carbons (Fsp3) is 0.333. The Balaban J connectivity index is 2.26. The van der Waals surface area contributed by atoms with Crippen LogP contribution < -0.4 is 4.90 Å². The Morgan fingerprint density at radius 2 is 2.24 bits per heavy atom. The van der Waals surface area contributed by atoms with Gasteiger partial charge >= 0.3 is 0 Å². The number of aryl methyl sites for hydroxylation is 1. The van der Waals surface area contributed by atoms with Gasteiger partial charge in [0.15, 0.2) is 0 Å². The van der Waals surface area contributed by atoms with Crippen LogP contribution in [0.3, 0.4) is 0 Å². The maximum absolute atomic E-state index is 11.8. The van der Waals surface area contributed by atoms with Crippen molar-refractivity contribution < 1.29 is 9.59 Å².